The van der Waals surface area contributed by atoms with Crippen molar-refractivity contribution >= 4 is 6.29 Å². The predicted octanol–water partition coefficient (Wildman–Crippen LogP) is 0.732. The molecule has 0 bridgehead atoms. The Morgan fingerprint density at radius 2 is 2.00 bits per heavy atom. The summed E-state index contributed by atoms with van der Waals surface area (Å²) in [4.78, 5) is 9.70. The fourth-order valence-electron chi connectivity index (χ4n) is 0.489. The maximum Gasteiger partial charge on any atom is 0.213 e. The van der Waals surface area contributed by atoms with Crippen LogP contribution in [-0.4, -0.2) is 19.4 Å². The van der Waals surface area contributed by atoms with Gasteiger partial charge in [-0.3, -0.25) is 4.79 Å². The zero-order chi connectivity index (χ0) is 7.33. The van der Waals surface area contributed by atoms with E-state index in [9.17, 15) is 4.79 Å². The van der Waals surface area contributed by atoms with E-state index in [1.165, 1.54) is 0 Å². The highest BCUT2D eigenvalue weighted by atomic mass is 16.1. The van der Waals surface area contributed by atoms with Crippen molar-refractivity contribution in [2.24, 2.45) is 5.41 Å². The van der Waals surface area contributed by atoms with E-state index in [1.807, 2.05) is 0 Å². The summed E-state index contributed by atoms with van der Waals surface area (Å²) in [5.41, 5.74) is 0.261. The minimum atomic E-state index is 0.261. The van der Waals surface area contributed by atoms with E-state index in [1.54, 1.807) is 6.29 Å². The van der Waals surface area contributed by atoms with Gasteiger partial charge >= 0.3 is 0 Å². The molecule has 9 heavy (non-hydrogen) atoms. The lowest BCUT2D eigenvalue weighted by Crippen LogP contribution is -2.28. The molecule has 1 N–H and O–H groups in total. The van der Waals surface area contributed by atoms with Gasteiger partial charge in [0.2, 0.25) is 6.29 Å². The summed E-state index contributed by atoms with van der Waals surface area (Å²) in [6, 6.07) is 0. The van der Waals surface area contributed by atoms with Gasteiger partial charge in [-0.2, -0.15) is 0 Å². The highest BCUT2D eigenvalue weighted by Gasteiger charge is 2.07. The molecule has 0 aromatic carbocycles. The summed E-state index contributed by atoms with van der Waals surface area (Å²) in [5, 5.41) is 2.95. The number of rotatable bonds is 3. The average molecular weight is 128 g/mol. The summed E-state index contributed by atoms with van der Waals surface area (Å²) in [6.45, 7) is 7.56. The van der Waals surface area contributed by atoms with Crippen molar-refractivity contribution in [3.05, 3.63) is 0 Å². The molecule has 2 nitrogen and oxygen atoms in total. The molecule has 0 unspecified atom stereocenters. The van der Waals surface area contributed by atoms with Crippen LogP contribution in [0.1, 0.15) is 20.8 Å². The smallest absolute Gasteiger partial charge is 0.213 e. The molecule has 53 valence electrons. The summed E-state index contributed by atoms with van der Waals surface area (Å²) >= 11 is 0. The first-order valence-electron chi connectivity index (χ1n) is 3.12. The summed E-state index contributed by atoms with van der Waals surface area (Å²) in [6.07, 6.45) is 1.78. The van der Waals surface area contributed by atoms with Crippen molar-refractivity contribution in [1.82, 2.24) is 5.32 Å². The van der Waals surface area contributed by atoms with Crippen molar-refractivity contribution in [2.45, 2.75) is 20.8 Å². The van der Waals surface area contributed by atoms with Gasteiger partial charge in [-0.25, -0.2) is 0 Å². The molecule has 0 aromatic rings. The van der Waals surface area contributed by atoms with Gasteiger partial charge in [0, 0.05) is 6.54 Å². The van der Waals surface area contributed by atoms with Gasteiger partial charge in [0.25, 0.3) is 0 Å². The van der Waals surface area contributed by atoms with Crippen LogP contribution in [0.15, 0.2) is 0 Å². The molecular formula is C7H14NO. The maximum atomic E-state index is 9.70. The van der Waals surface area contributed by atoms with E-state index in [0.717, 1.165) is 6.54 Å². The van der Waals surface area contributed by atoms with Crippen LogP contribution in [0.3, 0.4) is 0 Å². The highest BCUT2D eigenvalue weighted by Crippen LogP contribution is 2.09. The molecule has 0 aliphatic rings. The molecule has 0 atom stereocenters. The Hall–Kier alpha value is -0.370. The Labute approximate surface area is 56.6 Å². The molecule has 0 fully saturated rings. The topological polar surface area (TPSA) is 29.1 Å². The third-order valence-electron chi connectivity index (χ3n) is 0.852. The van der Waals surface area contributed by atoms with Gasteiger partial charge in [0.05, 0.1) is 6.54 Å². The van der Waals surface area contributed by atoms with Crippen LogP contribution in [0.25, 0.3) is 0 Å². The average Bonchev–Trinajstić information content (AvgIpc) is 1.63. The van der Waals surface area contributed by atoms with Gasteiger partial charge in [0.1, 0.15) is 0 Å². The Morgan fingerprint density at radius 3 is 2.33 bits per heavy atom. The van der Waals surface area contributed by atoms with Gasteiger partial charge in [-0.15, -0.1) is 0 Å². The standard InChI is InChI=1S/C7H14NO/c1-7(2,3)6-8-4-5-9/h8H,4,6H2,1-3H3. The first-order chi connectivity index (χ1) is 4.06. The van der Waals surface area contributed by atoms with E-state index in [4.69, 9.17) is 0 Å². The van der Waals surface area contributed by atoms with Crippen molar-refractivity contribution in [3.8, 4) is 0 Å². The maximum absolute atomic E-state index is 9.70. The molecule has 0 heterocycles. The zero-order valence-corrected chi connectivity index (χ0v) is 6.32. The second-order valence-electron chi connectivity index (χ2n) is 3.31. The molecule has 0 saturated carbocycles. The first kappa shape index (κ1) is 8.63. The zero-order valence-electron chi connectivity index (χ0n) is 6.32. The Balaban J connectivity index is 3.17. The largest absolute Gasteiger partial charge is 0.309 e. The summed E-state index contributed by atoms with van der Waals surface area (Å²) in [7, 11) is 0. The van der Waals surface area contributed by atoms with Crippen LogP contribution >= 0.6 is 0 Å². The lowest BCUT2D eigenvalue weighted by molar-refractivity contribution is 0.389. The molecule has 0 aromatic heterocycles. The summed E-state index contributed by atoms with van der Waals surface area (Å²) < 4.78 is 0. The summed E-state index contributed by atoms with van der Waals surface area (Å²) in [5.74, 6) is 0. The molecule has 0 rings (SSSR count). The van der Waals surface area contributed by atoms with E-state index in [-0.39, 0.29) is 5.41 Å². The fraction of sp³-hybridized carbons (Fsp3) is 0.857. The van der Waals surface area contributed by atoms with Crippen LogP contribution in [0, 0.1) is 5.41 Å². The van der Waals surface area contributed by atoms with Gasteiger partial charge < -0.3 is 5.32 Å². The van der Waals surface area contributed by atoms with Crippen LogP contribution in [-0.2, 0) is 4.79 Å². The highest BCUT2D eigenvalue weighted by molar-refractivity contribution is 5.52. The fourth-order valence-corrected chi connectivity index (χ4v) is 0.489. The number of nitrogens with one attached hydrogen (secondary N) is 1. The molecule has 0 saturated heterocycles. The molecule has 1 radical (unpaired) electrons. The van der Waals surface area contributed by atoms with Gasteiger partial charge in [-0.1, -0.05) is 20.8 Å². The molecular weight excluding hydrogens is 114 g/mol. The Bertz CT molecular complexity index is 83.4. The lowest BCUT2D eigenvalue weighted by Gasteiger charge is -2.17. The molecule has 0 aliphatic heterocycles. The van der Waals surface area contributed by atoms with Gasteiger partial charge in [-0.05, 0) is 5.41 Å². The van der Waals surface area contributed by atoms with Crippen molar-refractivity contribution in [1.29, 1.82) is 0 Å². The molecule has 0 amide bonds. The van der Waals surface area contributed by atoms with Crippen LogP contribution in [0.2, 0.25) is 0 Å². The van der Waals surface area contributed by atoms with Crippen molar-refractivity contribution in [2.75, 3.05) is 13.1 Å². The number of hydrogen-bond donors (Lipinski definition) is 1. The second kappa shape index (κ2) is 3.62. The molecule has 0 aliphatic carbocycles. The van der Waals surface area contributed by atoms with E-state index < -0.39 is 0 Å². The second-order valence-corrected chi connectivity index (χ2v) is 3.31. The Morgan fingerprint density at radius 1 is 1.44 bits per heavy atom. The normalized spacial score (nSPS) is 11.4. The van der Waals surface area contributed by atoms with E-state index >= 15 is 0 Å². The molecule has 0 spiro atoms. The predicted molar refractivity (Wildman–Crippen MR) is 38.0 cm³/mol. The quantitative estimate of drug-likeness (QED) is 0.568. The minimum absolute atomic E-state index is 0.261. The van der Waals surface area contributed by atoms with Crippen LogP contribution in [0.4, 0.5) is 0 Å². The Kier molecular flexibility index (Phi) is 3.47. The lowest BCUT2D eigenvalue weighted by atomic mass is 9.97. The van der Waals surface area contributed by atoms with Crippen LogP contribution in [0.5, 0.6) is 0 Å². The minimum Gasteiger partial charge on any atom is -0.309 e. The number of hydrogen-bond acceptors (Lipinski definition) is 2. The van der Waals surface area contributed by atoms with Crippen LogP contribution < -0.4 is 5.32 Å². The first-order valence-corrected chi connectivity index (χ1v) is 3.12. The van der Waals surface area contributed by atoms with E-state index in [0.29, 0.717) is 6.54 Å². The third kappa shape index (κ3) is 7.63. The molecule has 2 heteroatoms. The third-order valence-corrected chi connectivity index (χ3v) is 0.852. The SMILES string of the molecule is CC(C)(C)CNC[C]=O. The van der Waals surface area contributed by atoms with E-state index in [2.05, 4.69) is 26.1 Å². The van der Waals surface area contributed by atoms with Gasteiger partial charge in [0.15, 0.2) is 0 Å². The number of carbonyl (C=O) groups excluding carboxylic acids is 1. The van der Waals surface area contributed by atoms with Crippen molar-refractivity contribution < 1.29 is 4.79 Å². The van der Waals surface area contributed by atoms with Crippen molar-refractivity contribution in [3.63, 3.8) is 0 Å². The monoisotopic (exact) mass is 128 g/mol.